The Kier molecular flexibility index (Phi) is 5.51. The Morgan fingerprint density at radius 3 is 2.48 bits per heavy atom. The van der Waals surface area contributed by atoms with Crippen LogP contribution < -0.4 is 10.1 Å². The van der Waals surface area contributed by atoms with Gasteiger partial charge in [-0.05, 0) is 32.9 Å². The summed E-state index contributed by atoms with van der Waals surface area (Å²) in [6.07, 6.45) is 0.472. The highest BCUT2D eigenvalue weighted by molar-refractivity contribution is 6.31. The fourth-order valence-electron chi connectivity index (χ4n) is 2.56. The molecule has 0 unspecified atom stereocenters. The first-order valence-corrected chi connectivity index (χ1v) is 8.88. The number of amides is 1. The number of hydrogen-bond acceptors (Lipinski definition) is 7. The zero-order valence-electron chi connectivity index (χ0n) is 15.8. The number of nitro groups is 1. The molecule has 1 amide bonds. The predicted octanol–water partition coefficient (Wildman–Crippen LogP) is 5.33. The van der Waals surface area contributed by atoms with Gasteiger partial charge in [-0.15, -0.1) is 0 Å². The topological polar surface area (TPSA) is 116 Å². The van der Waals surface area contributed by atoms with Gasteiger partial charge in [0.25, 0.3) is 0 Å². The van der Waals surface area contributed by atoms with Gasteiger partial charge in [0, 0.05) is 10.8 Å². The molecule has 29 heavy (non-hydrogen) atoms. The summed E-state index contributed by atoms with van der Waals surface area (Å²) in [6.45, 7) is 5.30. The van der Waals surface area contributed by atoms with Gasteiger partial charge in [0.2, 0.25) is 5.15 Å². The zero-order valence-corrected chi connectivity index (χ0v) is 16.6. The Balaban J connectivity index is 2.00. The molecule has 0 saturated carbocycles. The molecule has 0 bridgehead atoms. The SMILES string of the molecule is CC(C)(C)OC(=O)Nc1ccc(Oc2ncnc(Cl)c2[N+](=O)[O-])c2ccccc12. The van der Waals surface area contributed by atoms with E-state index in [4.69, 9.17) is 21.1 Å². The number of nitrogens with one attached hydrogen (secondary N) is 1. The molecule has 10 heteroatoms. The van der Waals surface area contributed by atoms with Crippen LogP contribution in [0.4, 0.5) is 16.2 Å². The summed E-state index contributed by atoms with van der Waals surface area (Å²) in [5, 5.41) is 14.9. The summed E-state index contributed by atoms with van der Waals surface area (Å²) in [4.78, 5) is 30.1. The van der Waals surface area contributed by atoms with Gasteiger partial charge in [0.05, 0.1) is 10.6 Å². The van der Waals surface area contributed by atoms with E-state index in [0.717, 1.165) is 6.33 Å². The smallest absolute Gasteiger partial charge is 0.412 e. The summed E-state index contributed by atoms with van der Waals surface area (Å²) in [5.74, 6) is 0.0150. The van der Waals surface area contributed by atoms with Gasteiger partial charge in [0.15, 0.2) is 0 Å². The third-order valence-electron chi connectivity index (χ3n) is 3.65. The first-order chi connectivity index (χ1) is 13.7. The fourth-order valence-corrected chi connectivity index (χ4v) is 2.75. The molecule has 0 aliphatic rings. The van der Waals surface area contributed by atoms with E-state index in [2.05, 4.69) is 15.3 Å². The summed E-state index contributed by atoms with van der Waals surface area (Å²) in [7, 11) is 0. The number of ether oxygens (including phenoxy) is 2. The van der Waals surface area contributed by atoms with Gasteiger partial charge in [0.1, 0.15) is 17.7 Å². The van der Waals surface area contributed by atoms with E-state index in [1.54, 1.807) is 57.2 Å². The molecular formula is C19H17ClN4O5. The Labute approximate surface area is 170 Å². The third kappa shape index (κ3) is 4.69. The van der Waals surface area contributed by atoms with Gasteiger partial charge >= 0.3 is 17.7 Å². The minimum atomic E-state index is -0.710. The molecule has 3 rings (SSSR count). The number of carbonyl (C=O) groups excluding carboxylic acids is 1. The van der Waals surface area contributed by atoms with Crippen LogP contribution in [0.1, 0.15) is 20.8 Å². The van der Waals surface area contributed by atoms with Crippen LogP contribution in [0.15, 0.2) is 42.7 Å². The highest BCUT2D eigenvalue weighted by Crippen LogP contribution is 2.38. The molecule has 150 valence electrons. The van der Waals surface area contributed by atoms with E-state index < -0.39 is 22.3 Å². The zero-order chi connectivity index (χ0) is 21.2. The van der Waals surface area contributed by atoms with Crippen molar-refractivity contribution in [3.63, 3.8) is 0 Å². The van der Waals surface area contributed by atoms with Crippen LogP contribution in [0.3, 0.4) is 0 Å². The van der Waals surface area contributed by atoms with E-state index in [0.29, 0.717) is 22.2 Å². The molecule has 0 aliphatic carbocycles. The van der Waals surface area contributed by atoms with Crippen LogP contribution in [-0.2, 0) is 4.74 Å². The molecule has 2 aromatic carbocycles. The highest BCUT2D eigenvalue weighted by Gasteiger charge is 2.24. The maximum absolute atomic E-state index is 12.1. The lowest BCUT2D eigenvalue weighted by atomic mass is 10.1. The molecule has 0 aliphatic heterocycles. The maximum Gasteiger partial charge on any atom is 0.412 e. The second kappa shape index (κ2) is 7.88. The average Bonchev–Trinajstić information content (AvgIpc) is 2.62. The molecule has 9 nitrogen and oxygen atoms in total. The number of benzene rings is 2. The molecule has 0 saturated heterocycles. The molecule has 0 fully saturated rings. The molecule has 0 radical (unpaired) electrons. The van der Waals surface area contributed by atoms with Crippen molar-refractivity contribution in [1.29, 1.82) is 0 Å². The summed E-state index contributed by atoms with van der Waals surface area (Å²) >= 11 is 5.81. The predicted molar refractivity (Wildman–Crippen MR) is 108 cm³/mol. The molecule has 1 aromatic heterocycles. The Morgan fingerprint density at radius 1 is 1.14 bits per heavy atom. The van der Waals surface area contributed by atoms with E-state index in [-0.39, 0.29) is 11.0 Å². The molecule has 0 spiro atoms. The van der Waals surface area contributed by atoms with Gasteiger partial charge in [-0.1, -0.05) is 35.9 Å². The minimum Gasteiger partial charge on any atom is -0.444 e. The summed E-state index contributed by atoms with van der Waals surface area (Å²) < 4.78 is 11.0. The number of halogens is 1. The van der Waals surface area contributed by atoms with Crippen molar-refractivity contribution in [2.75, 3.05) is 5.32 Å². The van der Waals surface area contributed by atoms with E-state index >= 15 is 0 Å². The van der Waals surface area contributed by atoms with Crippen LogP contribution in [-0.4, -0.2) is 26.6 Å². The molecule has 1 N–H and O–H groups in total. The molecule has 0 atom stereocenters. The molecular weight excluding hydrogens is 400 g/mol. The standard InChI is InChI=1S/C19H17ClN4O5/c1-19(2,3)29-18(25)23-13-8-9-14(12-7-5-4-6-11(12)13)28-17-15(24(26)27)16(20)21-10-22-17/h4-10H,1-3H3,(H,23,25). The van der Waals surface area contributed by atoms with Crippen LogP contribution in [0.2, 0.25) is 5.15 Å². The van der Waals surface area contributed by atoms with Crippen molar-refractivity contribution in [2.24, 2.45) is 0 Å². The normalized spacial score (nSPS) is 11.2. The quantitative estimate of drug-likeness (QED) is 0.347. The number of fused-ring (bicyclic) bond motifs is 1. The van der Waals surface area contributed by atoms with Crippen LogP contribution in [0.5, 0.6) is 11.6 Å². The second-order valence-corrected chi connectivity index (χ2v) is 7.32. The number of nitrogens with zero attached hydrogens (tertiary/aromatic N) is 3. The number of aromatic nitrogens is 2. The summed E-state index contributed by atoms with van der Waals surface area (Å²) in [5.41, 5.74) is -0.680. The number of carbonyl (C=O) groups is 1. The van der Waals surface area contributed by atoms with Crippen molar-refractivity contribution < 1.29 is 19.2 Å². The van der Waals surface area contributed by atoms with Gasteiger partial charge < -0.3 is 9.47 Å². The lowest BCUT2D eigenvalue weighted by Crippen LogP contribution is -2.27. The van der Waals surface area contributed by atoms with E-state index in [1.807, 2.05) is 0 Å². The van der Waals surface area contributed by atoms with Crippen molar-refractivity contribution in [3.05, 3.63) is 58.0 Å². The third-order valence-corrected chi connectivity index (χ3v) is 3.93. The lowest BCUT2D eigenvalue weighted by molar-refractivity contribution is -0.386. The van der Waals surface area contributed by atoms with Crippen molar-refractivity contribution in [3.8, 4) is 11.6 Å². The Morgan fingerprint density at radius 2 is 1.83 bits per heavy atom. The second-order valence-electron chi connectivity index (χ2n) is 6.96. The first kappa shape index (κ1) is 20.3. The van der Waals surface area contributed by atoms with Crippen molar-refractivity contribution in [1.82, 2.24) is 9.97 Å². The Hall–Kier alpha value is -3.46. The number of hydrogen-bond donors (Lipinski definition) is 1. The monoisotopic (exact) mass is 416 g/mol. The van der Waals surface area contributed by atoms with Gasteiger partial charge in [-0.3, -0.25) is 15.4 Å². The van der Waals surface area contributed by atoms with Crippen LogP contribution in [0.25, 0.3) is 10.8 Å². The largest absolute Gasteiger partial charge is 0.444 e. The fraction of sp³-hybridized carbons (Fsp3) is 0.211. The maximum atomic E-state index is 12.1. The first-order valence-electron chi connectivity index (χ1n) is 8.50. The summed E-state index contributed by atoms with van der Waals surface area (Å²) in [6, 6.07) is 10.3. The van der Waals surface area contributed by atoms with Crippen molar-refractivity contribution in [2.45, 2.75) is 26.4 Å². The van der Waals surface area contributed by atoms with E-state index in [1.165, 1.54) is 0 Å². The van der Waals surface area contributed by atoms with Crippen molar-refractivity contribution >= 4 is 39.8 Å². The number of rotatable bonds is 4. The van der Waals surface area contributed by atoms with Gasteiger partial charge in [-0.25, -0.2) is 9.78 Å². The average molecular weight is 417 g/mol. The van der Waals surface area contributed by atoms with Gasteiger partial charge in [-0.2, -0.15) is 4.98 Å². The molecule has 3 aromatic rings. The van der Waals surface area contributed by atoms with E-state index in [9.17, 15) is 14.9 Å². The molecule has 1 heterocycles. The van der Waals surface area contributed by atoms with Crippen LogP contribution in [0, 0.1) is 10.1 Å². The highest BCUT2D eigenvalue weighted by atomic mass is 35.5. The minimum absolute atomic E-state index is 0.284. The Bertz CT molecular complexity index is 1100. The number of anilines is 1. The van der Waals surface area contributed by atoms with Crippen LogP contribution >= 0.6 is 11.6 Å². The lowest BCUT2D eigenvalue weighted by Gasteiger charge is -2.20.